The summed E-state index contributed by atoms with van der Waals surface area (Å²) in [4.78, 5) is 34.0. The Kier molecular flexibility index (Phi) is 5.15. The molecule has 2 aromatic rings. The predicted molar refractivity (Wildman–Crippen MR) is 91.5 cm³/mol. The summed E-state index contributed by atoms with van der Waals surface area (Å²) in [6, 6.07) is 8.81. The second kappa shape index (κ2) is 7.10. The Bertz CT molecular complexity index is 836. The Labute approximate surface area is 142 Å². The fourth-order valence-corrected chi connectivity index (χ4v) is 2.30. The van der Waals surface area contributed by atoms with Crippen molar-refractivity contribution >= 4 is 40.5 Å². The summed E-state index contributed by atoms with van der Waals surface area (Å²) in [5.74, 6) is -0.878. The molecule has 0 saturated heterocycles. The van der Waals surface area contributed by atoms with Crippen molar-refractivity contribution in [2.24, 2.45) is 0 Å². The molecule has 0 spiro atoms. The minimum Gasteiger partial charge on any atom is -0.326 e. The van der Waals surface area contributed by atoms with Crippen molar-refractivity contribution in [1.29, 1.82) is 0 Å². The maximum absolute atomic E-state index is 12.4. The Hall–Kier alpha value is -2.93. The van der Waals surface area contributed by atoms with Crippen molar-refractivity contribution < 1.29 is 14.5 Å². The molecule has 0 fully saturated rings. The minimum absolute atomic E-state index is 0.103. The third-order valence-electron chi connectivity index (χ3n) is 3.29. The lowest BCUT2D eigenvalue weighted by molar-refractivity contribution is -0.385. The van der Waals surface area contributed by atoms with Gasteiger partial charge in [0, 0.05) is 29.4 Å². The summed E-state index contributed by atoms with van der Waals surface area (Å²) in [6.07, 6.45) is 0. The van der Waals surface area contributed by atoms with Crippen LogP contribution in [0.3, 0.4) is 0 Å². The third kappa shape index (κ3) is 3.88. The van der Waals surface area contributed by atoms with Gasteiger partial charge in [0.15, 0.2) is 0 Å². The van der Waals surface area contributed by atoms with E-state index in [1.165, 1.54) is 19.1 Å². The van der Waals surface area contributed by atoms with Crippen LogP contribution >= 0.6 is 11.6 Å². The molecule has 0 aliphatic carbocycles. The van der Waals surface area contributed by atoms with Crippen LogP contribution in [0.4, 0.5) is 17.1 Å². The molecule has 0 bridgehead atoms. The van der Waals surface area contributed by atoms with Gasteiger partial charge in [0.2, 0.25) is 5.91 Å². The lowest BCUT2D eigenvalue weighted by Crippen LogP contribution is -2.15. The first-order valence-electron chi connectivity index (χ1n) is 6.92. The average molecular weight is 348 g/mol. The largest absolute Gasteiger partial charge is 0.326 e. The average Bonchev–Trinajstić information content (AvgIpc) is 2.50. The van der Waals surface area contributed by atoms with E-state index in [4.69, 9.17) is 11.6 Å². The summed E-state index contributed by atoms with van der Waals surface area (Å²) >= 11 is 5.74. The molecular formula is C16H14ClN3O4. The molecule has 0 unspecified atom stereocenters. The van der Waals surface area contributed by atoms with Crippen LogP contribution in [-0.2, 0) is 4.79 Å². The lowest BCUT2D eigenvalue weighted by Gasteiger charge is -2.13. The monoisotopic (exact) mass is 347 g/mol. The normalized spacial score (nSPS) is 10.1. The number of benzene rings is 2. The highest BCUT2D eigenvalue weighted by Gasteiger charge is 2.21. The van der Waals surface area contributed by atoms with Gasteiger partial charge in [-0.15, -0.1) is 0 Å². The van der Waals surface area contributed by atoms with Crippen LogP contribution in [0.5, 0.6) is 0 Å². The standard InChI is InChI=1S/C16H14ClN3O4/c1-9-13(18-10(2)21)4-3-5-14(9)19-16(22)12-7-6-11(17)8-15(12)20(23)24/h3-8H,1-2H3,(H,18,21)(H,19,22). The highest BCUT2D eigenvalue weighted by molar-refractivity contribution is 6.31. The maximum atomic E-state index is 12.4. The van der Waals surface area contributed by atoms with Crippen molar-refractivity contribution in [2.45, 2.75) is 13.8 Å². The highest BCUT2D eigenvalue weighted by Crippen LogP contribution is 2.27. The molecule has 2 rings (SSSR count). The van der Waals surface area contributed by atoms with Gasteiger partial charge >= 0.3 is 0 Å². The topological polar surface area (TPSA) is 101 Å². The van der Waals surface area contributed by atoms with Gasteiger partial charge in [-0.05, 0) is 36.8 Å². The van der Waals surface area contributed by atoms with Crippen LogP contribution in [0, 0.1) is 17.0 Å². The second-order valence-corrected chi connectivity index (χ2v) is 5.47. The number of anilines is 2. The molecule has 0 heterocycles. The molecule has 0 aromatic heterocycles. The van der Waals surface area contributed by atoms with Crippen molar-refractivity contribution in [1.82, 2.24) is 0 Å². The van der Waals surface area contributed by atoms with E-state index < -0.39 is 10.8 Å². The van der Waals surface area contributed by atoms with E-state index >= 15 is 0 Å². The van der Waals surface area contributed by atoms with Gasteiger partial charge in [0.1, 0.15) is 5.56 Å². The first kappa shape index (κ1) is 17.4. The summed E-state index contributed by atoms with van der Waals surface area (Å²) < 4.78 is 0. The fraction of sp³-hybridized carbons (Fsp3) is 0.125. The number of nitrogens with zero attached hydrogens (tertiary/aromatic N) is 1. The number of hydrogen-bond donors (Lipinski definition) is 2. The summed E-state index contributed by atoms with van der Waals surface area (Å²) in [5, 5.41) is 16.5. The number of hydrogen-bond acceptors (Lipinski definition) is 4. The second-order valence-electron chi connectivity index (χ2n) is 5.03. The third-order valence-corrected chi connectivity index (χ3v) is 3.53. The maximum Gasteiger partial charge on any atom is 0.283 e. The van der Waals surface area contributed by atoms with E-state index in [1.54, 1.807) is 25.1 Å². The summed E-state index contributed by atoms with van der Waals surface area (Å²) in [5.41, 5.74) is 1.14. The van der Waals surface area contributed by atoms with Crippen molar-refractivity contribution in [3.05, 3.63) is 62.7 Å². The number of rotatable bonds is 4. The van der Waals surface area contributed by atoms with Gasteiger partial charge < -0.3 is 10.6 Å². The molecule has 2 N–H and O–H groups in total. The van der Waals surface area contributed by atoms with Gasteiger partial charge in [-0.3, -0.25) is 19.7 Å². The molecule has 0 aliphatic rings. The van der Waals surface area contributed by atoms with Crippen LogP contribution in [0.2, 0.25) is 5.02 Å². The molecule has 24 heavy (non-hydrogen) atoms. The molecule has 0 atom stereocenters. The summed E-state index contributed by atoms with van der Waals surface area (Å²) in [7, 11) is 0. The highest BCUT2D eigenvalue weighted by atomic mass is 35.5. The summed E-state index contributed by atoms with van der Waals surface area (Å²) in [6.45, 7) is 3.10. The molecule has 0 radical (unpaired) electrons. The predicted octanol–water partition coefficient (Wildman–Crippen LogP) is 3.77. The molecule has 7 nitrogen and oxygen atoms in total. The van der Waals surface area contributed by atoms with Gasteiger partial charge in [-0.25, -0.2) is 0 Å². The quantitative estimate of drug-likeness (QED) is 0.649. The van der Waals surface area contributed by atoms with E-state index in [9.17, 15) is 19.7 Å². The van der Waals surface area contributed by atoms with Crippen LogP contribution in [0.15, 0.2) is 36.4 Å². The molecule has 8 heteroatoms. The zero-order valence-electron chi connectivity index (χ0n) is 12.9. The number of amides is 2. The number of halogens is 1. The van der Waals surface area contributed by atoms with Gasteiger partial charge in [0.05, 0.1) is 4.92 Å². The van der Waals surface area contributed by atoms with Crippen LogP contribution in [0.1, 0.15) is 22.8 Å². The SMILES string of the molecule is CC(=O)Nc1cccc(NC(=O)c2ccc(Cl)cc2[N+](=O)[O-])c1C. The van der Waals surface area contributed by atoms with Crippen molar-refractivity contribution in [3.8, 4) is 0 Å². The first-order chi connectivity index (χ1) is 11.3. The van der Waals surface area contributed by atoms with Gasteiger partial charge in [0.25, 0.3) is 11.6 Å². The smallest absolute Gasteiger partial charge is 0.283 e. The molecule has 2 amide bonds. The Morgan fingerprint density at radius 2 is 1.75 bits per heavy atom. The van der Waals surface area contributed by atoms with Crippen LogP contribution in [-0.4, -0.2) is 16.7 Å². The number of nitro benzene ring substituents is 1. The first-order valence-corrected chi connectivity index (χ1v) is 7.30. The zero-order chi connectivity index (χ0) is 17.9. The Morgan fingerprint density at radius 3 is 2.33 bits per heavy atom. The molecule has 124 valence electrons. The molecular weight excluding hydrogens is 334 g/mol. The van der Waals surface area contributed by atoms with E-state index in [1.807, 2.05) is 0 Å². The molecule has 0 aliphatic heterocycles. The van der Waals surface area contributed by atoms with Crippen molar-refractivity contribution in [3.63, 3.8) is 0 Å². The van der Waals surface area contributed by atoms with Gasteiger partial charge in [-0.2, -0.15) is 0 Å². The number of carbonyl (C=O) groups is 2. The zero-order valence-corrected chi connectivity index (χ0v) is 13.7. The van der Waals surface area contributed by atoms with E-state index in [0.29, 0.717) is 16.9 Å². The Balaban J connectivity index is 2.34. The molecule has 2 aromatic carbocycles. The number of nitro groups is 1. The van der Waals surface area contributed by atoms with E-state index in [2.05, 4.69) is 10.6 Å². The Morgan fingerprint density at radius 1 is 1.12 bits per heavy atom. The number of carbonyl (C=O) groups excluding carboxylic acids is 2. The van der Waals surface area contributed by atoms with Crippen LogP contribution in [0.25, 0.3) is 0 Å². The number of nitrogens with one attached hydrogen (secondary N) is 2. The van der Waals surface area contributed by atoms with Gasteiger partial charge in [-0.1, -0.05) is 17.7 Å². The fourth-order valence-electron chi connectivity index (χ4n) is 2.13. The lowest BCUT2D eigenvalue weighted by atomic mass is 10.1. The van der Waals surface area contributed by atoms with E-state index in [-0.39, 0.29) is 22.2 Å². The van der Waals surface area contributed by atoms with Crippen LogP contribution < -0.4 is 10.6 Å². The minimum atomic E-state index is -0.665. The van der Waals surface area contributed by atoms with E-state index in [0.717, 1.165) is 6.07 Å². The van der Waals surface area contributed by atoms with Crippen molar-refractivity contribution in [2.75, 3.05) is 10.6 Å². The molecule has 0 saturated carbocycles.